The molecule has 2 aromatic heterocycles. The van der Waals surface area contributed by atoms with E-state index < -0.39 is 5.54 Å². The van der Waals surface area contributed by atoms with Crippen LogP contribution in [0.3, 0.4) is 0 Å². The molecule has 5 rings (SSSR count). The Kier molecular flexibility index (Phi) is 5.45. The Morgan fingerprint density at radius 1 is 1.09 bits per heavy atom. The van der Waals surface area contributed by atoms with E-state index in [2.05, 4.69) is 15.4 Å². The second kappa shape index (κ2) is 8.57. The maximum absolute atomic E-state index is 13.2. The fourth-order valence-electron chi connectivity index (χ4n) is 4.74. The monoisotopic (exact) mass is 446 g/mol. The van der Waals surface area contributed by atoms with E-state index in [-0.39, 0.29) is 11.9 Å². The average Bonchev–Trinajstić information content (AvgIpc) is 3.34. The molecule has 1 spiro atoms. The number of para-hydroxylation sites is 2. The number of carbonyl (C=O) groups is 2. The number of nitrogens with zero attached hydrogens (tertiary/aromatic N) is 5. The number of hydrogen-bond acceptors (Lipinski definition) is 5. The van der Waals surface area contributed by atoms with Gasteiger partial charge in [0.05, 0.1) is 37.5 Å². The molecule has 1 saturated heterocycles. The van der Waals surface area contributed by atoms with Crippen molar-refractivity contribution in [2.45, 2.75) is 31.3 Å². The van der Waals surface area contributed by atoms with Crippen LogP contribution in [-0.2, 0) is 16.9 Å². The van der Waals surface area contributed by atoms with Gasteiger partial charge in [-0.25, -0.2) is 9.48 Å². The second-order valence-corrected chi connectivity index (χ2v) is 8.46. The molecule has 1 fully saturated rings. The van der Waals surface area contributed by atoms with Crippen LogP contribution in [0.15, 0.2) is 61.1 Å². The summed E-state index contributed by atoms with van der Waals surface area (Å²) in [7, 11) is 1.58. The van der Waals surface area contributed by atoms with Gasteiger partial charge in [-0.1, -0.05) is 12.1 Å². The van der Waals surface area contributed by atoms with Crippen molar-refractivity contribution in [3.05, 3.63) is 66.6 Å². The number of amides is 3. The third-order valence-corrected chi connectivity index (χ3v) is 6.55. The summed E-state index contributed by atoms with van der Waals surface area (Å²) in [6.07, 6.45) is 6.90. The van der Waals surface area contributed by atoms with E-state index in [1.165, 1.54) is 0 Å². The summed E-state index contributed by atoms with van der Waals surface area (Å²) in [5, 5.41) is 7.53. The molecule has 33 heavy (non-hydrogen) atoms. The Morgan fingerprint density at radius 3 is 2.61 bits per heavy atom. The summed E-state index contributed by atoms with van der Waals surface area (Å²) in [6.45, 7) is 1.56. The van der Waals surface area contributed by atoms with Crippen LogP contribution >= 0.6 is 0 Å². The number of urea groups is 1. The molecule has 4 heterocycles. The zero-order valence-corrected chi connectivity index (χ0v) is 18.5. The molecule has 170 valence electrons. The number of ether oxygens (including phenoxy) is 1. The van der Waals surface area contributed by atoms with Crippen LogP contribution in [0.1, 0.15) is 24.8 Å². The summed E-state index contributed by atoms with van der Waals surface area (Å²) in [5.41, 5.74) is 1.25. The molecule has 9 nitrogen and oxygen atoms in total. The molecule has 9 heteroatoms. The Balaban J connectivity index is 1.30. The number of anilines is 2. The average molecular weight is 447 g/mol. The predicted octanol–water partition coefficient (Wildman–Crippen LogP) is 3.25. The van der Waals surface area contributed by atoms with E-state index in [0.29, 0.717) is 50.3 Å². The van der Waals surface area contributed by atoms with Crippen molar-refractivity contribution in [3.8, 4) is 5.75 Å². The maximum Gasteiger partial charge on any atom is 0.321 e. The van der Waals surface area contributed by atoms with Crippen molar-refractivity contribution >= 4 is 23.4 Å². The molecule has 3 aromatic rings. The standard InChI is InChI=1S/C24H26N6O3/c1-33-20-5-3-2-4-19(20)27-23(32)28-14-9-24(10-15-28)16-22(31)29(21-8-13-26-30(21)24)17-18-6-11-25-12-7-18/h2-8,11-13H,9-10,14-17H2,1H3,(H,27,32). The fourth-order valence-corrected chi connectivity index (χ4v) is 4.74. The quantitative estimate of drug-likeness (QED) is 0.664. The first-order valence-electron chi connectivity index (χ1n) is 11.0. The smallest absolute Gasteiger partial charge is 0.321 e. The van der Waals surface area contributed by atoms with Crippen molar-refractivity contribution in [1.29, 1.82) is 0 Å². The van der Waals surface area contributed by atoms with Gasteiger partial charge in [0.2, 0.25) is 5.91 Å². The number of likely N-dealkylation sites (tertiary alicyclic amines) is 1. The molecule has 2 aliphatic heterocycles. The summed E-state index contributed by atoms with van der Waals surface area (Å²) < 4.78 is 7.32. The van der Waals surface area contributed by atoms with Crippen LogP contribution in [-0.4, -0.2) is 51.8 Å². The van der Waals surface area contributed by atoms with Crippen molar-refractivity contribution in [3.63, 3.8) is 0 Å². The van der Waals surface area contributed by atoms with E-state index in [1.807, 2.05) is 47.1 Å². The second-order valence-electron chi connectivity index (χ2n) is 8.46. The highest BCUT2D eigenvalue weighted by Crippen LogP contribution is 2.41. The van der Waals surface area contributed by atoms with Gasteiger partial charge in [0.15, 0.2) is 0 Å². The number of fused-ring (bicyclic) bond motifs is 2. The van der Waals surface area contributed by atoms with Gasteiger partial charge in [0.1, 0.15) is 11.6 Å². The van der Waals surface area contributed by atoms with Crippen LogP contribution in [0.25, 0.3) is 0 Å². The molecular formula is C24H26N6O3. The zero-order chi connectivity index (χ0) is 22.8. The molecule has 1 aromatic carbocycles. The Hall–Kier alpha value is -3.88. The minimum atomic E-state index is -0.411. The zero-order valence-electron chi connectivity index (χ0n) is 18.5. The van der Waals surface area contributed by atoms with Gasteiger partial charge in [-0.3, -0.25) is 14.7 Å². The summed E-state index contributed by atoms with van der Waals surface area (Å²) >= 11 is 0. The molecule has 0 bridgehead atoms. The third kappa shape index (κ3) is 3.90. The SMILES string of the molecule is COc1ccccc1NC(=O)N1CCC2(CC1)CC(=O)N(Cc1ccncc1)c1ccnn12. The lowest BCUT2D eigenvalue weighted by atomic mass is 9.82. The number of aromatic nitrogens is 3. The first-order valence-corrected chi connectivity index (χ1v) is 11.0. The number of piperidine rings is 1. The van der Waals surface area contributed by atoms with Crippen molar-refractivity contribution < 1.29 is 14.3 Å². The Labute approximate surface area is 192 Å². The topological polar surface area (TPSA) is 92.6 Å². The van der Waals surface area contributed by atoms with Gasteiger partial charge < -0.3 is 15.0 Å². The van der Waals surface area contributed by atoms with Crippen LogP contribution in [0.2, 0.25) is 0 Å². The lowest BCUT2D eigenvalue weighted by Gasteiger charge is -2.46. The van der Waals surface area contributed by atoms with Gasteiger partial charge >= 0.3 is 6.03 Å². The van der Waals surface area contributed by atoms with Crippen molar-refractivity contribution in [2.24, 2.45) is 0 Å². The Bertz CT molecular complexity index is 1150. The van der Waals surface area contributed by atoms with Crippen LogP contribution < -0.4 is 15.0 Å². The molecule has 0 atom stereocenters. The molecular weight excluding hydrogens is 420 g/mol. The lowest BCUT2D eigenvalue weighted by molar-refractivity contribution is -0.123. The van der Waals surface area contributed by atoms with Gasteiger partial charge in [-0.15, -0.1) is 0 Å². The maximum atomic E-state index is 13.2. The summed E-state index contributed by atoms with van der Waals surface area (Å²) in [4.78, 5) is 33.7. The predicted molar refractivity (Wildman–Crippen MR) is 123 cm³/mol. The minimum Gasteiger partial charge on any atom is -0.495 e. The van der Waals surface area contributed by atoms with Gasteiger partial charge in [-0.05, 0) is 42.7 Å². The number of methoxy groups -OCH3 is 1. The van der Waals surface area contributed by atoms with E-state index >= 15 is 0 Å². The highest BCUT2D eigenvalue weighted by atomic mass is 16.5. The van der Waals surface area contributed by atoms with E-state index in [0.717, 1.165) is 11.4 Å². The van der Waals surface area contributed by atoms with E-state index in [9.17, 15) is 9.59 Å². The van der Waals surface area contributed by atoms with Gasteiger partial charge in [0.25, 0.3) is 0 Å². The molecule has 0 saturated carbocycles. The minimum absolute atomic E-state index is 0.0757. The van der Waals surface area contributed by atoms with E-state index in [4.69, 9.17) is 4.74 Å². The largest absolute Gasteiger partial charge is 0.495 e. The number of hydrogen-bond donors (Lipinski definition) is 1. The normalized spacial score (nSPS) is 17.1. The molecule has 0 aliphatic carbocycles. The molecule has 3 amide bonds. The highest BCUT2D eigenvalue weighted by molar-refractivity contribution is 5.95. The summed E-state index contributed by atoms with van der Waals surface area (Å²) in [5.74, 6) is 1.49. The molecule has 0 unspecified atom stereocenters. The number of benzene rings is 1. The Morgan fingerprint density at radius 2 is 1.85 bits per heavy atom. The van der Waals surface area contributed by atoms with E-state index in [1.54, 1.807) is 35.5 Å². The van der Waals surface area contributed by atoms with Crippen LogP contribution in [0.4, 0.5) is 16.3 Å². The van der Waals surface area contributed by atoms with Crippen LogP contribution in [0.5, 0.6) is 5.75 Å². The van der Waals surface area contributed by atoms with Gasteiger partial charge in [-0.2, -0.15) is 5.10 Å². The van der Waals surface area contributed by atoms with Crippen molar-refractivity contribution in [1.82, 2.24) is 19.7 Å². The molecule has 0 radical (unpaired) electrons. The molecule has 2 aliphatic rings. The number of pyridine rings is 1. The van der Waals surface area contributed by atoms with Crippen LogP contribution in [0, 0.1) is 0 Å². The summed E-state index contributed by atoms with van der Waals surface area (Å²) in [6, 6.07) is 12.9. The lowest BCUT2D eigenvalue weighted by Crippen LogP contribution is -2.55. The third-order valence-electron chi connectivity index (χ3n) is 6.55. The number of nitrogens with one attached hydrogen (secondary N) is 1. The number of rotatable bonds is 4. The number of carbonyl (C=O) groups excluding carboxylic acids is 2. The first kappa shape index (κ1) is 21.0. The first-order chi connectivity index (χ1) is 16.1. The fraction of sp³-hybridized carbons (Fsp3) is 0.333. The highest BCUT2D eigenvalue weighted by Gasteiger charge is 2.46. The van der Waals surface area contributed by atoms with Gasteiger partial charge in [0, 0.05) is 31.5 Å². The molecule has 1 N–H and O–H groups in total. The van der Waals surface area contributed by atoms with Crippen molar-refractivity contribution in [2.75, 3.05) is 30.4 Å².